The maximum Gasteiger partial charge on any atom is 0.0498 e. The summed E-state index contributed by atoms with van der Waals surface area (Å²) in [4.78, 5) is 0.848. The van der Waals surface area contributed by atoms with Crippen molar-refractivity contribution in [2.75, 3.05) is 6.26 Å². The van der Waals surface area contributed by atoms with Crippen LogP contribution in [0.2, 0.25) is 0 Å². The van der Waals surface area contributed by atoms with Crippen molar-refractivity contribution in [2.24, 2.45) is 0 Å². The summed E-state index contributed by atoms with van der Waals surface area (Å²) in [6.07, 6.45) is 1.72. The summed E-state index contributed by atoms with van der Waals surface area (Å²) in [5.41, 5.74) is 4.67. The van der Waals surface area contributed by atoms with Crippen molar-refractivity contribution in [1.29, 1.82) is 0 Å². The molecule has 0 bridgehead atoms. The molecule has 0 fully saturated rings. The molecule has 0 heterocycles. The maximum atomic E-state index is 11.8. The van der Waals surface area contributed by atoms with Crippen molar-refractivity contribution in [3.8, 4) is 22.3 Å². The number of fused-ring (bicyclic) bond motifs is 2. The molecule has 202 valence electrons. The summed E-state index contributed by atoms with van der Waals surface area (Å²) in [5, 5.41) is 15.5. The zero-order valence-corrected chi connectivity index (χ0v) is 24.4. The number of benzene rings is 8. The lowest BCUT2D eigenvalue weighted by atomic mass is 9.86. The van der Waals surface area contributed by atoms with Gasteiger partial charge in [-0.3, -0.25) is 4.21 Å². The molecule has 0 aliphatic rings. The van der Waals surface area contributed by atoms with Gasteiger partial charge in [-0.05, 0) is 111 Å². The van der Waals surface area contributed by atoms with Crippen LogP contribution in [0.5, 0.6) is 0 Å². The largest absolute Gasteiger partial charge is 0.255 e. The molecule has 0 N–H and O–H groups in total. The molecular weight excluding hydrogens is 541 g/mol. The average Bonchev–Trinajstić information content (AvgIpc) is 3.06. The van der Waals surface area contributed by atoms with E-state index in [1.54, 1.807) is 6.26 Å². The Labute approximate surface area is 251 Å². The number of hydrogen-bond donors (Lipinski definition) is 0. The Bertz CT molecular complexity index is 2550. The summed E-state index contributed by atoms with van der Waals surface area (Å²) in [5.74, 6) is 0. The van der Waals surface area contributed by atoms with E-state index in [0.29, 0.717) is 0 Å². The molecular formula is C41H26OS. The molecule has 9 aromatic rings. The van der Waals surface area contributed by atoms with Crippen LogP contribution in [0.1, 0.15) is 0 Å². The van der Waals surface area contributed by atoms with Crippen LogP contribution in [0.15, 0.2) is 144 Å². The van der Waals surface area contributed by atoms with Gasteiger partial charge in [0, 0.05) is 22.0 Å². The molecule has 0 aliphatic heterocycles. The first kappa shape index (κ1) is 24.5. The van der Waals surface area contributed by atoms with Crippen LogP contribution in [0, 0.1) is 0 Å². The molecule has 9 rings (SSSR count). The maximum absolute atomic E-state index is 11.8. The van der Waals surface area contributed by atoms with Gasteiger partial charge in [-0.15, -0.1) is 0 Å². The van der Waals surface area contributed by atoms with Gasteiger partial charge in [0.1, 0.15) is 0 Å². The molecule has 1 atom stereocenters. The first-order valence-corrected chi connectivity index (χ1v) is 16.2. The van der Waals surface area contributed by atoms with Gasteiger partial charge in [0.05, 0.1) is 0 Å². The van der Waals surface area contributed by atoms with Crippen LogP contribution in [0.4, 0.5) is 0 Å². The van der Waals surface area contributed by atoms with Gasteiger partial charge >= 0.3 is 0 Å². The molecule has 0 aromatic heterocycles. The number of rotatable bonds is 3. The van der Waals surface area contributed by atoms with E-state index < -0.39 is 10.8 Å². The van der Waals surface area contributed by atoms with Gasteiger partial charge in [-0.1, -0.05) is 115 Å². The van der Waals surface area contributed by atoms with Crippen LogP contribution in [-0.4, -0.2) is 10.5 Å². The number of hydrogen-bond acceptors (Lipinski definition) is 1. The zero-order chi connectivity index (χ0) is 28.7. The van der Waals surface area contributed by atoms with Crippen molar-refractivity contribution in [3.05, 3.63) is 140 Å². The molecule has 0 spiro atoms. The molecule has 1 nitrogen and oxygen atoms in total. The third kappa shape index (κ3) is 3.67. The third-order valence-electron chi connectivity index (χ3n) is 9.16. The predicted molar refractivity (Wildman–Crippen MR) is 186 cm³/mol. The monoisotopic (exact) mass is 566 g/mol. The summed E-state index contributed by atoms with van der Waals surface area (Å²) in [7, 11) is -0.975. The highest BCUT2D eigenvalue weighted by atomic mass is 32.2. The Morgan fingerprint density at radius 3 is 1.26 bits per heavy atom. The van der Waals surface area contributed by atoms with Gasteiger partial charge in [0.25, 0.3) is 0 Å². The van der Waals surface area contributed by atoms with E-state index >= 15 is 0 Å². The molecule has 43 heavy (non-hydrogen) atoms. The highest BCUT2D eigenvalue weighted by Gasteiger charge is 2.16. The molecule has 0 radical (unpaired) electrons. The highest BCUT2D eigenvalue weighted by molar-refractivity contribution is 7.84. The molecule has 0 aliphatic carbocycles. The van der Waals surface area contributed by atoms with Crippen molar-refractivity contribution < 1.29 is 4.21 Å². The second kappa shape index (κ2) is 9.22. The Hall–Kier alpha value is -5.05. The molecule has 0 amide bonds. The fraction of sp³-hybridized carbons (Fsp3) is 0.0244. The van der Waals surface area contributed by atoms with Gasteiger partial charge in [-0.25, -0.2) is 0 Å². The van der Waals surface area contributed by atoms with E-state index in [0.717, 1.165) is 16.0 Å². The standard InChI is InChI=1S/C41H26OS/c1-43(42)33-21-19-26(20-22-33)25-11-13-27(14-12-25)32-23-31-18-17-30-6-3-9-35-34-8-2-5-28-15-16-29-7-4-10-36(40(29)38(28)34)37(24-32)41(31)39(30)35/h2-24H,1H3. The smallest absolute Gasteiger partial charge is 0.0498 e. The van der Waals surface area contributed by atoms with Crippen LogP contribution < -0.4 is 0 Å². The average molecular weight is 567 g/mol. The van der Waals surface area contributed by atoms with Gasteiger partial charge < -0.3 is 0 Å². The SMILES string of the molecule is CS(=O)c1ccc(-c2ccc(-c3cc4ccc5cccc6c7cccc8ccc9cccc(c(c3)c4c56)c9c87)cc2)cc1. The van der Waals surface area contributed by atoms with E-state index in [1.165, 1.54) is 75.8 Å². The normalized spacial score (nSPS) is 12.8. The van der Waals surface area contributed by atoms with Crippen molar-refractivity contribution >= 4 is 75.4 Å². The Morgan fingerprint density at radius 1 is 0.372 bits per heavy atom. The van der Waals surface area contributed by atoms with Crippen LogP contribution >= 0.6 is 0 Å². The van der Waals surface area contributed by atoms with Crippen molar-refractivity contribution in [2.45, 2.75) is 4.90 Å². The van der Waals surface area contributed by atoms with Crippen molar-refractivity contribution in [3.63, 3.8) is 0 Å². The van der Waals surface area contributed by atoms with Crippen molar-refractivity contribution in [1.82, 2.24) is 0 Å². The van der Waals surface area contributed by atoms with Crippen LogP contribution in [0.3, 0.4) is 0 Å². The quantitative estimate of drug-likeness (QED) is 0.194. The summed E-state index contributed by atoms with van der Waals surface area (Å²) < 4.78 is 11.8. The molecule has 0 saturated carbocycles. The van der Waals surface area contributed by atoms with E-state index in [-0.39, 0.29) is 0 Å². The van der Waals surface area contributed by atoms with E-state index in [4.69, 9.17) is 0 Å². The third-order valence-corrected chi connectivity index (χ3v) is 10.1. The van der Waals surface area contributed by atoms with Gasteiger partial charge in [0.15, 0.2) is 0 Å². The van der Waals surface area contributed by atoms with Crippen LogP contribution in [-0.2, 0) is 10.8 Å². The topological polar surface area (TPSA) is 17.1 Å². The van der Waals surface area contributed by atoms with Gasteiger partial charge in [-0.2, -0.15) is 0 Å². The highest BCUT2D eigenvalue weighted by Crippen LogP contribution is 2.44. The second-order valence-electron chi connectivity index (χ2n) is 11.5. The second-order valence-corrected chi connectivity index (χ2v) is 12.9. The fourth-order valence-corrected chi connectivity index (χ4v) is 7.66. The minimum Gasteiger partial charge on any atom is -0.255 e. The molecule has 0 saturated heterocycles. The van der Waals surface area contributed by atoms with Crippen LogP contribution in [0.25, 0.3) is 86.9 Å². The Morgan fingerprint density at radius 2 is 0.767 bits per heavy atom. The Kier molecular flexibility index (Phi) is 5.26. The zero-order valence-electron chi connectivity index (χ0n) is 23.6. The summed E-state index contributed by atoms with van der Waals surface area (Å²) in [6.45, 7) is 0. The Balaban J connectivity index is 1.37. The molecule has 2 heteroatoms. The lowest BCUT2D eigenvalue weighted by Gasteiger charge is -2.17. The molecule has 9 aromatic carbocycles. The minimum absolute atomic E-state index is 0.848. The van der Waals surface area contributed by atoms with Gasteiger partial charge in [0.2, 0.25) is 0 Å². The summed E-state index contributed by atoms with van der Waals surface area (Å²) in [6, 6.07) is 50.9. The van der Waals surface area contributed by atoms with E-state index in [9.17, 15) is 4.21 Å². The lowest BCUT2D eigenvalue weighted by molar-refractivity contribution is 0.687. The first-order chi connectivity index (χ1) is 21.1. The fourth-order valence-electron chi connectivity index (χ4n) is 7.14. The summed E-state index contributed by atoms with van der Waals surface area (Å²) >= 11 is 0. The lowest BCUT2D eigenvalue weighted by Crippen LogP contribution is -1.89. The minimum atomic E-state index is -0.975. The van der Waals surface area contributed by atoms with E-state index in [1.807, 2.05) is 12.1 Å². The first-order valence-electron chi connectivity index (χ1n) is 14.6. The molecule has 1 unspecified atom stereocenters. The van der Waals surface area contributed by atoms with E-state index in [2.05, 4.69) is 127 Å². The predicted octanol–water partition coefficient (Wildman–Crippen LogP) is 11.1.